The summed E-state index contributed by atoms with van der Waals surface area (Å²) in [4.78, 5) is 25.9. The number of amides is 1. The lowest BCUT2D eigenvalue weighted by Crippen LogP contribution is -2.48. The van der Waals surface area contributed by atoms with Crippen LogP contribution in [0.5, 0.6) is 0 Å². The van der Waals surface area contributed by atoms with Gasteiger partial charge in [-0.15, -0.1) is 11.8 Å². The van der Waals surface area contributed by atoms with Crippen LogP contribution in [0.25, 0.3) is 0 Å². The van der Waals surface area contributed by atoms with Crippen LogP contribution in [-0.2, 0) is 9.59 Å². The molecule has 2 unspecified atom stereocenters. The summed E-state index contributed by atoms with van der Waals surface area (Å²) < 4.78 is 0. The number of nitrogens with zero attached hydrogens (tertiary/aromatic N) is 1. The standard InChI is InChI=1S/C17H29NO3S/c1-2-3-4-8-11-15(19)18-14(17(20)21)12-22-16(18)13-9-6-5-7-10-13/h13-14,16H,2-12H2,1H3,(H,20,21). The van der Waals surface area contributed by atoms with Crippen LogP contribution in [0.15, 0.2) is 0 Å². The molecule has 0 spiro atoms. The number of carboxylic acid groups (broad SMARTS) is 1. The zero-order chi connectivity index (χ0) is 15.9. The van der Waals surface area contributed by atoms with Crippen molar-refractivity contribution in [3.05, 3.63) is 0 Å². The first-order valence-corrected chi connectivity index (χ1v) is 9.85. The normalized spacial score (nSPS) is 26.3. The Morgan fingerprint density at radius 2 is 1.86 bits per heavy atom. The van der Waals surface area contributed by atoms with Crippen LogP contribution >= 0.6 is 11.8 Å². The molecule has 2 atom stereocenters. The van der Waals surface area contributed by atoms with Crippen molar-refractivity contribution in [1.29, 1.82) is 0 Å². The van der Waals surface area contributed by atoms with Crippen LogP contribution in [0, 0.1) is 5.92 Å². The van der Waals surface area contributed by atoms with Crippen molar-refractivity contribution in [2.45, 2.75) is 82.5 Å². The van der Waals surface area contributed by atoms with Crippen molar-refractivity contribution >= 4 is 23.6 Å². The fraction of sp³-hybridized carbons (Fsp3) is 0.882. The predicted molar refractivity (Wildman–Crippen MR) is 89.8 cm³/mol. The minimum atomic E-state index is -0.840. The van der Waals surface area contributed by atoms with E-state index < -0.39 is 12.0 Å². The largest absolute Gasteiger partial charge is 0.480 e. The minimum absolute atomic E-state index is 0.0593. The van der Waals surface area contributed by atoms with Crippen molar-refractivity contribution < 1.29 is 14.7 Å². The summed E-state index contributed by atoms with van der Waals surface area (Å²) in [6.07, 6.45) is 10.8. The van der Waals surface area contributed by atoms with Gasteiger partial charge in [0, 0.05) is 12.2 Å². The van der Waals surface area contributed by atoms with Crippen molar-refractivity contribution in [2.75, 3.05) is 5.75 Å². The Morgan fingerprint density at radius 1 is 1.14 bits per heavy atom. The van der Waals surface area contributed by atoms with Gasteiger partial charge in [-0.05, 0) is 25.2 Å². The van der Waals surface area contributed by atoms with Gasteiger partial charge in [0.2, 0.25) is 5.91 Å². The molecule has 1 heterocycles. The number of unbranched alkanes of at least 4 members (excludes halogenated alkanes) is 3. The van der Waals surface area contributed by atoms with Gasteiger partial charge in [0.05, 0.1) is 5.37 Å². The number of aliphatic carboxylic acids is 1. The maximum absolute atomic E-state index is 12.6. The van der Waals surface area contributed by atoms with E-state index in [-0.39, 0.29) is 11.3 Å². The summed E-state index contributed by atoms with van der Waals surface area (Å²) in [6, 6.07) is -0.615. The molecule has 0 bridgehead atoms. The molecular formula is C17H29NO3S. The summed E-state index contributed by atoms with van der Waals surface area (Å²) in [6.45, 7) is 2.15. The molecule has 2 rings (SSSR count). The van der Waals surface area contributed by atoms with Gasteiger partial charge in [-0.2, -0.15) is 0 Å². The maximum atomic E-state index is 12.6. The van der Waals surface area contributed by atoms with E-state index in [9.17, 15) is 14.7 Å². The Morgan fingerprint density at radius 3 is 2.50 bits per heavy atom. The number of carbonyl (C=O) groups excluding carboxylic acids is 1. The smallest absolute Gasteiger partial charge is 0.327 e. The second-order valence-electron chi connectivity index (χ2n) is 6.59. The quantitative estimate of drug-likeness (QED) is 0.721. The SMILES string of the molecule is CCCCCCC(=O)N1C(C(=O)O)CSC1C1CCCCC1. The summed E-state index contributed by atoms with van der Waals surface area (Å²) >= 11 is 1.69. The highest BCUT2D eigenvalue weighted by molar-refractivity contribution is 8.00. The Kier molecular flexibility index (Phi) is 7.06. The molecule has 1 saturated carbocycles. The van der Waals surface area contributed by atoms with E-state index in [1.165, 1.54) is 19.3 Å². The Hall–Kier alpha value is -0.710. The molecular weight excluding hydrogens is 298 g/mol. The molecule has 1 amide bonds. The number of hydrogen-bond donors (Lipinski definition) is 1. The molecule has 1 aliphatic heterocycles. The van der Waals surface area contributed by atoms with E-state index in [0.717, 1.165) is 38.5 Å². The van der Waals surface area contributed by atoms with E-state index in [1.807, 2.05) is 0 Å². The summed E-state index contributed by atoms with van der Waals surface area (Å²) in [5, 5.41) is 9.55. The van der Waals surface area contributed by atoms with E-state index in [0.29, 0.717) is 18.1 Å². The molecule has 2 aliphatic rings. The van der Waals surface area contributed by atoms with Gasteiger partial charge in [-0.25, -0.2) is 4.79 Å². The van der Waals surface area contributed by atoms with E-state index in [1.54, 1.807) is 16.7 Å². The van der Waals surface area contributed by atoms with Crippen LogP contribution in [0.4, 0.5) is 0 Å². The molecule has 22 heavy (non-hydrogen) atoms. The van der Waals surface area contributed by atoms with Gasteiger partial charge in [0.25, 0.3) is 0 Å². The molecule has 0 radical (unpaired) electrons. The lowest BCUT2D eigenvalue weighted by Gasteiger charge is -2.35. The van der Waals surface area contributed by atoms with Crippen molar-refractivity contribution in [3.8, 4) is 0 Å². The van der Waals surface area contributed by atoms with Crippen LogP contribution in [0.2, 0.25) is 0 Å². The van der Waals surface area contributed by atoms with E-state index in [2.05, 4.69) is 6.92 Å². The second-order valence-corrected chi connectivity index (χ2v) is 7.74. The monoisotopic (exact) mass is 327 g/mol. The molecule has 0 aromatic heterocycles. The molecule has 126 valence electrons. The number of hydrogen-bond acceptors (Lipinski definition) is 3. The Labute approximate surface area is 138 Å². The average Bonchev–Trinajstić information content (AvgIpc) is 2.97. The van der Waals surface area contributed by atoms with Crippen LogP contribution in [-0.4, -0.2) is 39.1 Å². The third kappa shape index (κ3) is 4.40. The van der Waals surface area contributed by atoms with E-state index in [4.69, 9.17) is 0 Å². The first-order chi connectivity index (χ1) is 10.6. The Balaban J connectivity index is 1.99. The van der Waals surface area contributed by atoms with Crippen molar-refractivity contribution in [2.24, 2.45) is 5.92 Å². The number of rotatable bonds is 7. The van der Waals surface area contributed by atoms with Gasteiger partial charge in [-0.3, -0.25) is 4.79 Å². The molecule has 0 aromatic carbocycles. The van der Waals surface area contributed by atoms with Gasteiger partial charge in [0.15, 0.2) is 0 Å². The number of carbonyl (C=O) groups is 2. The molecule has 2 fully saturated rings. The molecule has 5 heteroatoms. The third-order valence-electron chi connectivity index (χ3n) is 4.91. The van der Waals surface area contributed by atoms with Crippen LogP contribution < -0.4 is 0 Å². The zero-order valence-electron chi connectivity index (χ0n) is 13.6. The van der Waals surface area contributed by atoms with Crippen molar-refractivity contribution in [1.82, 2.24) is 4.90 Å². The molecule has 1 N–H and O–H groups in total. The fourth-order valence-electron chi connectivity index (χ4n) is 3.65. The highest BCUT2D eigenvalue weighted by Gasteiger charge is 2.44. The molecule has 4 nitrogen and oxygen atoms in total. The first-order valence-electron chi connectivity index (χ1n) is 8.80. The summed E-state index contributed by atoms with van der Waals surface area (Å²) in [5.41, 5.74) is 0. The first kappa shape index (κ1) is 17.6. The third-order valence-corrected chi connectivity index (χ3v) is 6.37. The van der Waals surface area contributed by atoms with Gasteiger partial charge in [0.1, 0.15) is 6.04 Å². The van der Waals surface area contributed by atoms with Gasteiger partial charge >= 0.3 is 5.97 Å². The average molecular weight is 327 g/mol. The fourth-order valence-corrected chi connectivity index (χ4v) is 5.30. The summed E-state index contributed by atoms with van der Waals surface area (Å²) in [7, 11) is 0. The molecule has 1 saturated heterocycles. The predicted octanol–water partition coefficient (Wildman–Crippen LogP) is 3.89. The highest BCUT2D eigenvalue weighted by Crippen LogP contribution is 2.40. The summed E-state index contributed by atoms with van der Waals surface area (Å²) in [5.74, 6) is 0.261. The number of thioether (sulfide) groups is 1. The molecule has 1 aliphatic carbocycles. The number of carboxylic acids is 1. The molecule has 0 aromatic rings. The highest BCUT2D eigenvalue weighted by atomic mass is 32.2. The minimum Gasteiger partial charge on any atom is -0.480 e. The topological polar surface area (TPSA) is 57.6 Å². The second kappa shape index (κ2) is 8.80. The van der Waals surface area contributed by atoms with Crippen LogP contribution in [0.1, 0.15) is 71.1 Å². The zero-order valence-corrected chi connectivity index (χ0v) is 14.4. The van der Waals surface area contributed by atoms with Gasteiger partial charge < -0.3 is 10.0 Å². The lowest BCUT2D eigenvalue weighted by molar-refractivity contribution is -0.149. The lowest BCUT2D eigenvalue weighted by atomic mass is 9.88. The Bertz CT molecular complexity index is 382. The van der Waals surface area contributed by atoms with Gasteiger partial charge in [-0.1, -0.05) is 45.4 Å². The van der Waals surface area contributed by atoms with Crippen molar-refractivity contribution in [3.63, 3.8) is 0 Å². The van der Waals surface area contributed by atoms with Crippen LogP contribution in [0.3, 0.4) is 0 Å². The van der Waals surface area contributed by atoms with E-state index >= 15 is 0 Å². The maximum Gasteiger partial charge on any atom is 0.327 e.